The van der Waals surface area contributed by atoms with E-state index < -0.39 is 0 Å². The van der Waals surface area contributed by atoms with E-state index >= 15 is 0 Å². The molecular formula is C11H14N2OS. The Bertz CT molecular complexity index is 382. The van der Waals surface area contributed by atoms with Crippen molar-refractivity contribution < 1.29 is 4.79 Å². The van der Waals surface area contributed by atoms with Crippen LogP contribution in [-0.2, 0) is 4.79 Å². The molecule has 0 N–H and O–H groups in total. The number of aliphatic imine (C=N–C) groups is 2. The van der Waals surface area contributed by atoms with E-state index in [9.17, 15) is 4.79 Å². The van der Waals surface area contributed by atoms with Gasteiger partial charge in [-0.3, -0.25) is 4.79 Å². The Balaban J connectivity index is 2.21. The van der Waals surface area contributed by atoms with Crippen LogP contribution in [0.4, 0.5) is 0 Å². The molecule has 0 aromatic carbocycles. The Hall–Kier alpha value is -0.900. The smallest absolute Gasteiger partial charge is 0.261 e. The first-order chi connectivity index (χ1) is 7.24. The van der Waals surface area contributed by atoms with Crippen molar-refractivity contribution in [1.82, 2.24) is 0 Å². The summed E-state index contributed by atoms with van der Waals surface area (Å²) in [6.45, 7) is 4.16. The fourth-order valence-electron chi connectivity index (χ4n) is 1.63. The molecule has 2 aliphatic rings. The number of amidine groups is 1. The lowest BCUT2D eigenvalue weighted by Crippen LogP contribution is -2.22. The van der Waals surface area contributed by atoms with Crippen molar-refractivity contribution in [2.45, 2.75) is 33.1 Å². The number of fused-ring (bicyclic) bond motifs is 1. The van der Waals surface area contributed by atoms with Crippen LogP contribution < -0.4 is 0 Å². The molecule has 0 bridgehead atoms. The van der Waals surface area contributed by atoms with E-state index in [-0.39, 0.29) is 11.8 Å². The lowest BCUT2D eigenvalue weighted by Gasteiger charge is -2.11. The van der Waals surface area contributed by atoms with Gasteiger partial charge in [0, 0.05) is 6.42 Å². The highest BCUT2D eigenvalue weighted by atomic mass is 32.2. The summed E-state index contributed by atoms with van der Waals surface area (Å²) < 4.78 is 0. The van der Waals surface area contributed by atoms with Crippen molar-refractivity contribution in [3.8, 4) is 0 Å². The second-order valence-electron chi connectivity index (χ2n) is 3.63. The third-order valence-corrected chi connectivity index (χ3v) is 3.66. The highest BCUT2D eigenvalue weighted by Crippen LogP contribution is 2.36. The molecule has 0 aromatic rings. The summed E-state index contributed by atoms with van der Waals surface area (Å²) in [5.41, 5.74) is 0. The van der Waals surface area contributed by atoms with E-state index in [0.717, 1.165) is 24.3 Å². The fourth-order valence-corrected chi connectivity index (χ4v) is 2.70. The van der Waals surface area contributed by atoms with E-state index in [4.69, 9.17) is 0 Å². The molecule has 1 amide bonds. The Morgan fingerprint density at radius 3 is 2.87 bits per heavy atom. The van der Waals surface area contributed by atoms with E-state index in [1.54, 1.807) is 11.8 Å². The van der Waals surface area contributed by atoms with Crippen molar-refractivity contribution in [1.29, 1.82) is 0 Å². The van der Waals surface area contributed by atoms with Gasteiger partial charge in [-0.15, -0.1) is 0 Å². The number of nitrogens with zero attached hydrogens (tertiary/aromatic N) is 2. The predicted molar refractivity (Wildman–Crippen MR) is 64.2 cm³/mol. The van der Waals surface area contributed by atoms with Crippen molar-refractivity contribution in [3.63, 3.8) is 0 Å². The minimum Gasteiger partial charge on any atom is -0.271 e. The SMILES string of the molecule is CCCC1=NC(=O)C2C=C(CC)SC2=N1. The maximum absolute atomic E-state index is 11.7. The van der Waals surface area contributed by atoms with Crippen molar-refractivity contribution >= 4 is 28.5 Å². The highest BCUT2D eigenvalue weighted by Gasteiger charge is 2.32. The molecule has 15 heavy (non-hydrogen) atoms. The topological polar surface area (TPSA) is 41.8 Å². The molecule has 0 aliphatic carbocycles. The van der Waals surface area contributed by atoms with Gasteiger partial charge in [-0.2, -0.15) is 4.99 Å². The van der Waals surface area contributed by atoms with Gasteiger partial charge >= 0.3 is 0 Å². The first kappa shape index (κ1) is 10.6. The summed E-state index contributed by atoms with van der Waals surface area (Å²) in [4.78, 5) is 21.4. The normalized spacial score (nSPS) is 24.5. The Morgan fingerprint density at radius 2 is 2.20 bits per heavy atom. The summed E-state index contributed by atoms with van der Waals surface area (Å²) in [5, 5.41) is 0.926. The molecule has 2 aliphatic heterocycles. The molecule has 3 nitrogen and oxygen atoms in total. The summed E-state index contributed by atoms with van der Waals surface area (Å²) in [5.74, 6) is 0.483. The standard InChI is InChI=1S/C11H14N2OS/c1-3-5-9-12-10(14)8-6-7(4-2)15-11(8)13-9/h6,8H,3-5H2,1-2H3. The number of rotatable bonds is 3. The molecule has 2 heterocycles. The second-order valence-corrected chi connectivity index (χ2v) is 4.78. The van der Waals surface area contributed by atoms with Crippen LogP contribution in [0.3, 0.4) is 0 Å². The van der Waals surface area contributed by atoms with Gasteiger partial charge in [0.15, 0.2) is 0 Å². The first-order valence-electron chi connectivity index (χ1n) is 5.33. The number of carbonyl (C=O) groups is 1. The molecule has 0 spiro atoms. The monoisotopic (exact) mass is 222 g/mol. The van der Waals surface area contributed by atoms with E-state index in [1.165, 1.54) is 4.91 Å². The second kappa shape index (κ2) is 4.31. The van der Waals surface area contributed by atoms with E-state index in [2.05, 4.69) is 23.8 Å². The maximum atomic E-state index is 11.7. The molecule has 1 atom stereocenters. The van der Waals surface area contributed by atoms with Crippen LogP contribution >= 0.6 is 11.8 Å². The van der Waals surface area contributed by atoms with Crippen molar-refractivity contribution in [3.05, 3.63) is 11.0 Å². The van der Waals surface area contributed by atoms with Gasteiger partial charge in [0.2, 0.25) is 0 Å². The molecule has 2 rings (SSSR count). The lowest BCUT2D eigenvalue weighted by atomic mass is 10.1. The summed E-state index contributed by atoms with van der Waals surface area (Å²) in [7, 11) is 0. The number of thioether (sulfide) groups is 1. The number of hydrogen-bond acceptors (Lipinski definition) is 3. The molecule has 80 valence electrons. The van der Waals surface area contributed by atoms with Gasteiger partial charge in [0.05, 0.1) is 5.04 Å². The zero-order chi connectivity index (χ0) is 10.8. The van der Waals surface area contributed by atoms with Crippen LogP contribution in [0.5, 0.6) is 0 Å². The summed E-state index contributed by atoms with van der Waals surface area (Å²) in [6, 6.07) is 0. The molecule has 4 heteroatoms. The minimum absolute atomic E-state index is 0.0422. The zero-order valence-corrected chi connectivity index (χ0v) is 9.80. The maximum Gasteiger partial charge on any atom is 0.261 e. The Labute approximate surface area is 93.8 Å². The molecule has 0 aromatic heterocycles. The van der Waals surface area contributed by atoms with Gasteiger partial charge in [0.1, 0.15) is 11.8 Å². The molecule has 0 radical (unpaired) electrons. The van der Waals surface area contributed by atoms with Crippen LogP contribution in [-0.4, -0.2) is 16.8 Å². The molecule has 0 fully saturated rings. The lowest BCUT2D eigenvalue weighted by molar-refractivity contribution is -0.118. The number of carbonyl (C=O) groups excluding carboxylic acids is 1. The molecule has 0 saturated heterocycles. The van der Waals surface area contributed by atoms with Crippen LogP contribution in [0.25, 0.3) is 0 Å². The summed E-state index contributed by atoms with van der Waals surface area (Å²) >= 11 is 1.64. The van der Waals surface area contributed by atoms with Crippen LogP contribution in [0.1, 0.15) is 33.1 Å². The number of amides is 1. The van der Waals surface area contributed by atoms with Gasteiger partial charge < -0.3 is 0 Å². The van der Waals surface area contributed by atoms with E-state index in [1.807, 2.05) is 6.08 Å². The number of hydrogen-bond donors (Lipinski definition) is 0. The van der Waals surface area contributed by atoms with Gasteiger partial charge in [0.25, 0.3) is 5.91 Å². The van der Waals surface area contributed by atoms with Crippen LogP contribution in [0.2, 0.25) is 0 Å². The predicted octanol–water partition coefficient (Wildman–Crippen LogP) is 2.78. The first-order valence-corrected chi connectivity index (χ1v) is 6.14. The highest BCUT2D eigenvalue weighted by molar-refractivity contribution is 8.17. The van der Waals surface area contributed by atoms with Crippen LogP contribution in [0.15, 0.2) is 21.0 Å². The third-order valence-electron chi connectivity index (χ3n) is 2.42. The van der Waals surface area contributed by atoms with Gasteiger partial charge in [-0.05, 0) is 17.7 Å². The van der Waals surface area contributed by atoms with E-state index in [0.29, 0.717) is 5.84 Å². The largest absolute Gasteiger partial charge is 0.271 e. The molecular weight excluding hydrogens is 208 g/mol. The van der Waals surface area contributed by atoms with Crippen LogP contribution in [0, 0.1) is 5.92 Å². The van der Waals surface area contributed by atoms with Crippen molar-refractivity contribution in [2.24, 2.45) is 15.9 Å². The number of allylic oxidation sites excluding steroid dienone is 1. The minimum atomic E-state index is -0.175. The van der Waals surface area contributed by atoms with Gasteiger partial charge in [-0.1, -0.05) is 31.7 Å². The Kier molecular flexibility index (Phi) is 3.05. The fraction of sp³-hybridized carbons (Fsp3) is 0.545. The molecule has 1 unspecified atom stereocenters. The third kappa shape index (κ3) is 2.04. The van der Waals surface area contributed by atoms with Crippen molar-refractivity contribution in [2.75, 3.05) is 0 Å². The average molecular weight is 222 g/mol. The Morgan fingerprint density at radius 1 is 1.40 bits per heavy atom. The molecule has 0 saturated carbocycles. The zero-order valence-electron chi connectivity index (χ0n) is 8.99. The summed E-state index contributed by atoms with van der Waals surface area (Å²) in [6.07, 6.45) is 4.74. The average Bonchev–Trinajstić information content (AvgIpc) is 2.62. The van der Waals surface area contributed by atoms with Gasteiger partial charge in [-0.25, -0.2) is 4.99 Å². The quantitative estimate of drug-likeness (QED) is 0.736.